The van der Waals surface area contributed by atoms with Gasteiger partial charge >= 0.3 is 0 Å². The van der Waals surface area contributed by atoms with Gasteiger partial charge < -0.3 is 10.2 Å². The Hall–Kier alpha value is -3.43. The van der Waals surface area contributed by atoms with Crippen LogP contribution in [0.25, 0.3) is 5.82 Å². The number of rotatable bonds is 4. The summed E-state index contributed by atoms with van der Waals surface area (Å²) in [4.78, 5) is 26.5. The van der Waals surface area contributed by atoms with Crippen LogP contribution in [0.2, 0.25) is 0 Å². The van der Waals surface area contributed by atoms with E-state index in [2.05, 4.69) is 40.5 Å². The standard InChI is InChI=1S/C16H17N9O/c26-16(21-13-8-17-5-6-19-13)12-2-1-7-24(9-12)14-3-4-15(23-22-14)25-11-18-10-20-25/h3-6,8,10-12H,1-2,7,9H2,(H,19,21,26). The number of amides is 1. The zero-order valence-electron chi connectivity index (χ0n) is 13.9. The van der Waals surface area contributed by atoms with E-state index in [0.29, 0.717) is 18.2 Å². The van der Waals surface area contributed by atoms with Crippen LogP contribution >= 0.6 is 0 Å². The van der Waals surface area contributed by atoms with E-state index in [-0.39, 0.29) is 11.8 Å². The van der Waals surface area contributed by atoms with Gasteiger partial charge in [-0.3, -0.25) is 9.78 Å². The highest BCUT2D eigenvalue weighted by Crippen LogP contribution is 2.22. The lowest BCUT2D eigenvalue weighted by Crippen LogP contribution is -2.41. The Morgan fingerprint density at radius 3 is 2.77 bits per heavy atom. The third-order valence-corrected chi connectivity index (χ3v) is 4.22. The lowest BCUT2D eigenvalue weighted by molar-refractivity contribution is -0.120. The van der Waals surface area contributed by atoms with E-state index in [0.717, 1.165) is 25.2 Å². The van der Waals surface area contributed by atoms with Crippen molar-refractivity contribution in [3.05, 3.63) is 43.4 Å². The van der Waals surface area contributed by atoms with Gasteiger partial charge in [-0.15, -0.1) is 10.2 Å². The maximum Gasteiger partial charge on any atom is 0.230 e. The number of anilines is 2. The van der Waals surface area contributed by atoms with Gasteiger partial charge in [-0.2, -0.15) is 5.10 Å². The molecular formula is C16H17N9O. The SMILES string of the molecule is O=C(Nc1cnccn1)C1CCCN(c2ccc(-n3cncn3)nn2)C1. The summed E-state index contributed by atoms with van der Waals surface area (Å²) in [7, 11) is 0. The Balaban J connectivity index is 1.42. The van der Waals surface area contributed by atoms with Crippen molar-refractivity contribution in [1.82, 2.24) is 34.9 Å². The second-order valence-corrected chi connectivity index (χ2v) is 5.95. The van der Waals surface area contributed by atoms with Crippen LogP contribution in [0.5, 0.6) is 0 Å². The number of nitrogens with one attached hydrogen (secondary N) is 1. The van der Waals surface area contributed by atoms with Gasteiger partial charge in [-0.25, -0.2) is 14.6 Å². The predicted octanol–water partition coefficient (Wildman–Crippen LogP) is 0.702. The molecule has 0 radical (unpaired) electrons. The second kappa shape index (κ2) is 7.21. The van der Waals surface area contributed by atoms with Gasteiger partial charge in [0.2, 0.25) is 5.91 Å². The summed E-state index contributed by atoms with van der Waals surface area (Å²) in [6, 6.07) is 3.72. The first-order chi connectivity index (χ1) is 12.8. The van der Waals surface area contributed by atoms with Gasteiger partial charge in [-0.1, -0.05) is 0 Å². The number of piperidine rings is 1. The van der Waals surface area contributed by atoms with Crippen molar-refractivity contribution in [2.75, 3.05) is 23.3 Å². The van der Waals surface area contributed by atoms with Crippen molar-refractivity contribution in [3.63, 3.8) is 0 Å². The number of hydrogen-bond donors (Lipinski definition) is 1. The maximum absolute atomic E-state index is 12.5. The van der Waals surface area contributed by atoms with Crippen LogP contribution in [0.1, 0.15) is 12.8 Å². The highest BCUT2D eigenvalue weighted by atomic mass is 16.2. The Kier molecular flexibility index (Phi) is 4.46. The van der Waals surface area contributed by atoms with Crippen molar-refractivity contribution < 1.29 is 4.79 Å². The molecule has 1 saturated heterocycles. The molecule has 132 valence electrons. The predicted molar refractivity (Wildman–Crippen MR) is 92.5 cm³/mol. The van der Waals surface area contributed by atoms with Crippen molar-refractivity contribution >= 4 is 17.5 Å². The smallest absolute Gasteiger partial charge is 0.230 e. The lowest BCUT2D eigenvalue weighted by Gasteiger charge is -2.32. The van der Waals surface area contributed by atoms with E-state index in [1.165, 1.54) is 12.5 Å². The first-order valence-corrected chi connectivity index (χ1v) is 8.30. The number of aromatic nitrogens is 7. The van der Waals surface area contributed by atoms with Crippen LogP contribution in [0.4, 0.5) is 11.6 Å². The van der Waals surface area contributed by atoms with Gasteiger partial charge in [0.25, 0.3) is 0 Å². The van der Waals surface area contributed by atoms with E-state index in [1.807, 2.05) is 12.1 Å². The highest BCUT2D eigenvalue weighted by molar-refractivity contribution is 5.92. The first kappa shape index (κ1) is 16.1. The Morgan fingerprint density at radius 1 is 1.15 bits per heavy atom. The fourth-order valence-electron chi connectivity index (χ4n) is 2.93. The fourth-order valence-corrected chi connectivity index (χ4v) is 2.93. The minimum absolute atomic E-state index is 0.0533. The van der Waals surface area contributed by atoms with Crippen LogP contribution in [0.15, 0.2) is 43.4 Å². The summed E-state index contributed by atoms with van der Waals surface area (Å²) >= 11 is 0. The van der Waals surface area contributed by atoms with Gasteiger partial charge in [0, 0.05) is 25.5 Å². The third-order valence-electron chi connectivity index (χ3n) is 4.22. The van der Waals surface area contributed by atoms with E-state index in [4.69, 9.17) is 0 Å². The van der Waals surface area contributed by atoms with Crippen molar-refractivity contribution in [3.8, 4) is 5.82 Å². The Morgan fingerprint density at radius 2 is 2.04 bits per heavy atom. The van der Waals surface area contributed by atoms with E-state index >= 15 is 0 Å². The maximum atomic E-state index is 12.5. The number of carbonyl (C=O) groups is 1. The fraction of sp³-hybridized carbons (Fsp3) is 0.312. The molecule has 0 spiro atoms. The molecule has 10 nitrogen and oxygen atoms in total. The molecule has 3 aromatic heterocycles. The zero-order chi connectivity index (χ0) is 17.8. The van der Waals surface area contributed by atoms with E-state index in [1.54, 1.807) is 23.4 Å². The molecule has 0 aromatic carbocycles. The molecule has 0 saturated carbocycles. The van der Waals surface area contributed by atoms with Gasteiger partial charge in [0.05, 0.1) is 12.1 Å². The first-order valence-electron chi connectivity index (χ1n) is 8.30. The van der Waals surface area contributed by atoms with Crippen molar-refractivity contribution in [1.29, 1.82) is 0 Å². The van der Waals surface area contributed by atoms with Crippen LogP contribution in [0, 0.1) is 5.92 Å². The molecule has 1 atom stereocenters. The summed E-state index contributed by atoms with van der Waals surface area (Å²) in [5.41, 5.74) is 0. The summed E-state index contributed by atoms with van der Waals surface area (Å²) in [6.07, 6.45) is 9.40. The Bertz CT molecular complexity index is 851. The Labute approximate surface area is 149 Å². The van der Waals surface area contributed by atoms with E-state index < -0.39 is 0 Å². The lowest BCUT2D eigenvalue weighted by atomic mass is 9.97. The van der Waals surface area contributed by atoms with Crippen LogP contribution in [0.3, 0.4) is 0 Å². The van der Waals surface area contributed by atoms with Crippen molar-refractivity contribution in [2.45, 2.75) is 12.8 Å². The molecule has 1 aliphatic rings. The average Bonchev–Trinajstić information content (AvgIpc) is 3.24. The normalized spacial score (nSPS) is 17.1. The monoisotopic (exact) mass is 351 g/mol. The van der Waals surface area contributed by atoms with Crippen LogP contribution in [-0.2, 0) is 4.79 Å². The minimum atomic E-state index is -0.137. The molecule has 0 aliphatic carbocycles. The molecule has 1 amide bonds. The quantitative estimate of drug-likeness (QED) is 0.730. The molecule has 3 aromatic rings. The molecule has 0 bridgehead atoms. The molecule has 1 fully saturated rings. The summed E-state index contributed by atoms with van der Waals surface area (Å²) in [6.45, 7) is 1.43. The van der Waals surface area contributed by atoms with Crippen LogP contribution in [-0.4, -0.2) is 53.9 Å². The van der Waals surface area contributed by atoms with Crippen LogP contribution < -0.4 is 10.2 Å². The summed E-state index contributed by atoms with van der Waals surface area (Å²) in [5, 5.41) is 15.3. The molecule has 10 heteroatoms. The molecule has 4 rings (SSSR count). The molecule has 26 heavy (non-hydrogen) atoms. The van der Waals surface area contributed by atoms with Gasteiger partial charge in [0.15, 0.2) is 17.5 Å². The third kappa shape index (κ3) is 3.48. The van der Waals surface area contributed by atoms with E-state index in [9.17, 15) is 4.79 Å². The number of carbonyl (C=O) groups excluding carboxylic acids is 1. The molecule has 1 aliphatic heterocycles. The average molecular weight is 351 g/mol. The number of hydrogen-bond acceptors (Lipinski definition) is 8. The topological polar surface area (TPSA) is 115 Å². The van der Waals surface area contributed by atoms with Gasteiger partial charge in [0.1, 0.15) is 12.7 Å². The number of nitrogens with zero attached hydrogens (tertiary/aromatic N) is 8. The van der Waals surface area contributed by atoms with Crippen molar-refractivity contribution in [2.24, 2.45) is 5.92 Å². The molecular weight excluding hydrogens is 334 g/mol. The van der Waals surface area contributed by atoms with Gasteiger partial charge in [-0.05, 0) is 25.0 Å². The minimum Gasteiger partial charge on any atom is -0.354 e. The summed E-state index contributed by atoms with van der Waals surface area (Å²) < 4.78 is 1.55. The zero-order valence-corrected chi connectivity index (χ0v) is 13.9. The summed E-state index contributed by atoms with van der Waals surface area (Å²) in [5.74, 6) is 1.61. The highest BCUT2D eigenvalue weighted by Gasteiger charge is 2.27. The second-order valence-electron chi connectivity index (χ2n) is 5.95. The molecule has 4 heterocycles. The largest absolute Gasteiger partial charge is 0.354 e. The molecule has 1 unspecified atom stereocenters. The molecule has 1 N–H and O–H groups in total.